The van der Waals surface area contributed by atoms with Crippen LogP contribution in [-0.4, -0.2) is 63.5 Å². The summed E-state index contributed by atoms with van der Waals surface area (Å²) in [5.74, 6) is 0.752. The number of aryl methyl sites for hydroxylation is 1. The number of anilines is 3. The van der Waals surface area contributed by atoms with Crippen molar-refractivity contribution in [3.8, 4) is 11.3 Å². The molecule has 0 atom stereocenters. The third kappa shape index (κ3) is 5.38. The summed E-state index contributed by atoms with van der Waals surface area (Å²) < 4.78 is 2.12. The van der Waals surface area contributed by atoms with Crippen molar-refractivity contribution >= 4 is 40.0 Å². The van der Waals surface area contributed by atoms with Crippen molar-refractivity contribution in [2.45, 2.75) is 96.7 Å². The average Bonchev–Trinajstić information content (AvgIpc) is 3.57. The third-order valence-corrected chi connectivity index (χ3v) is 10.7. The molecule has 4 heterocycles. The standard InChI is InChI=1S/C38H47N7O2/c1-7-24-11-13-26(18-29(24)36(46)39-6)41-35-34-32(40-22-44(34)23(2)3)21-31(42-35)25-12-14-30-33(17-25)45(37(47)38(30,4)5)28-19-27(20-28)43-15-9-8-10-16-43/h11-14,17-18,21-23,27-28H,7-10,15-16,19-20H2,1-6H3,(H,39,46)(H,41,42)/t27-,28+. The van der Waals surface area contributed by atoms with Gasteiger partial charge in [-0.1, -0.05) is 31.5 Å². The molecule has 2 amide bonds. The summed E-state index contributed by atoms with van der Waals surface area (Å²) in [5.41, 5.74) is 7.40. The predicted octanol–water partition coefficient (Wildman–Crippen LogP) is 6.99. The summed E-state index contributed by atoms with van der Waals surface area (Å²) in [7, 11) is 1.65. The number of amides is 2. The van der Waals surface area contributed by atoms with Gasteiger partial charge in [-0.2, -0.15) is 0 Å². The number of aromatic nitrogens is 3. The topological polar surface area (TPSA) is 95.4 Å². The predicted molar refractivity (Wildman–Crippen MR) is 189 cm³/mol. The Labute approximate surface area is 277 Å². The number of likely N-dealkylation sites (tertiary alicyclic amines) is 1. The molecule has 0 radical (unpaired) electrons. The van der Waals surface area contributed by atoms with Crippen LogP contribution in [0.3, 0.4) is 0 Å². The number of benzene rings is 2. The van der Waals surface area contributed by atoms with E-state index in [4.69, 9.17) is 9.97 Å². The lowest BCUT2D eigenvalue weighted by Crippen LogP contribution is -2.57. The Morgan fingerprint density at radius 2 is 1.79 bits per heavy atom. The number of fused-ring (bicyclic) bond motifs is 2. The van der Waals surface area contributed by atoms with Crippen LogP contribution in [0.25, 0.3) is 22.3 Å². The van der Waals surface area contributed by atoms with Crippen molar-refractivity contribution in [3.63, 3.8) is 0 Å². The van der Waals surface area contributed by atoms with E-state index in [1.807, 2.05) is 30.6 Å². The van der Waals surface area contributed by atoms with Gasteiger partial charge in [0, 0.05) is 47.7 Å². The van der Waals surface area contributed by atoms with Gasteiger partial charge in [0.2, 0.25) is 5.91 Å². The van der Waals surface area contributed by atoms with Gasteiger partial charge in [-0.05, 0) is 108 Å². The molecule has 2 aromatic heterocycles. The van der Waals surface area contributed by atoms with Crippen molar-refractivity contribution in [2.75, 3.05) is 30.4 Å². The van der Waals surface area contributed by atoms with Gasteiger partial charge in [0.05, 0.1) is 23.0 Å². The highest BCUT2D eigenvalue weighted by atomic mass is 16.2. The highest BCUT2D eigenvalue weighted by Gasteiger charge is 2.50. The van der Waals surface area contributed by atoms with Crippen LogP contribution in [0.5, 0.6) is 0 Å². The van der Waals surface area contributed by atoms with Crippen LogP contribution in [0.2, 0.25) is 0 Å². The Hall–Kier alpha value is -4.24. The highest BCUT2D eigenvalue weighted by Crippen LogP contribution is 2.48. The van der Waals surface area contributed by atoms with E-state index >= 15 is 0 Å². The molecule has 2 N–H and O–H groups in total. The maximum absolute atomic E-state index is 13.9. The van der Waals surface area contributed by atoms with Gasteiger partial charge < -0.3 is 25.0 Å². The van der Waals surface area contributed by atoms with Crippen molar-refractivity contribution in [2.24, 2.45) is 0 Å². The summed E-state index contributed by atoms with van der Waals surface area (Å²) in [6.45, 7) is 12.8. The van der Waals surface area contributed by atoms with Gasteiger partial charge in [0.1, 0.15) is 5.52 Å². The highest BCUT2D eigenvalue weighted by molar-refractivity contribution is 6.09. The Kier molecular flexibility index (Phi) is 8.07. The van der Waals surface area contributed by atoms with Gasteiger partial charge >= 0.3 is 0 Å². The second kappa shape index (κ2) is 12.1. The van der Waals surface area contributed by atoms with Crippen LogP contribution in [0.4, 0.5) is 17.2 Å². The minimum Gasteiger partial charge on any atom is -0.355 e. The third-order valence-electron chi connectivity index (χ3n) is 10.7. The zero-order valence-corrected chi connectivity index (χ0v) is 28.6. The molecule has 2 fully saturated rings. The van der Waals surface area contributed by atoms with Crippen molar-refractivity contribution in [1.29, 1.82) is 0 Å². The van der Waals surface area contributed by atoms with E-state index in [1.54, 1.807) is 7.05 Å². The largest absolute Gasteiger partial charge is 0.355 e. The fraction of sp³-hybridized carbons (Fsp3) is 0.474. The molecule has 246 valence electrons. The normalized spacial score (nSPS) is 20.8. The van der Waals surface area contributed by atoms with Gasteiger partial charge in [-0.25, -0.2) is 9.97 Å². The van der Waals surface area contributed by atoms with Gasteiger partial charge in [0.15, 0.2) is 5.82 Å². The summed E-state index contributed by atoms with van der Waals surface area (Å²) >= 11 is 0. The number of carbonyl (C=O) groups excluding carboxylic acids is 2. The molecule has 9 nitrogen and oxygen atoms in total. The summed E-state index contributed by atoms with van der Waals surface area (Å²) in [6.07, 6.45) is 8.59. The summed E-state index contributed by atoms with van der Waals surface area (Å²) in [5, 5.41) is 6.31. The van der Waals surface area contributed by atoms with E-state index in [-0.39, 0.29) is 23.9 Å². The van der Waals surface area contributed by atoms with Gasteiger partial charge in [-0.15, -0.1) is 0 Å². The number of rotatable bonds is 8. The first-order chi connectivity index (χ1) is 22.6. The van der Waals surface area contributed by atoms with Crippen molar-refractivity contribution in [3.05, 3.63) is 65.5 Å². The van der Waals surface area contributed by atoms with E-state index in [0.717, 1.165) is 64.1 Å². The molecule has 2 aromatic carbocycles. The zero-order chi connectivity index (χ0) is 33.0. The quantitative estimate of drug-likeness (QED) is 0.217. The molecule has 4 aromatic rings. The SMILES string of the molecule is CCc1ccc(Nc2nc(-c3ccc4c(c3)N([C@H]3C[C@@H](N5CCCCC5)C3)C(=O)C4(C)C)cc3ncn(C(C)C)c23)cc1C(=O)NC. The second-order valence-electron chi connectivity index (χ2n) is 14.3. The molecule has 1 saturated heterocycles. The van der Waals surface area contributed by atoms with Gasteiger partial charge in [0.25, 0.3) is 5.91 Å². The van der Waals surface area contributed by atoms with E-state index in [0.29, 0.717) is 17.4 Å². The number of imidazole rings is 1. The Bertz CT molecular complexity index is 1850. The molecule has 47 heavy (non-hydrogen) atoms. The number of carbonyl (C=O) groups is 2. The number of nitrogens with one attached hydrogen (secondary N) is 2. The molecule has 3 aliphatic rings. The molecule has 0 unspecified atom stereocenters. The smallest absolute Gasteiger partial charge is 0.251 e. The molecular weight excluding hydrogens is 586 g/mol. The van der Waals surface area contributed by atoms with E-state index in [1.165, 1.54) is 32.4 Å². The molecular formula is C38H47N7O2. The molecule has 2 aliphatic heterocycles. The van der Waals surface area contributed by atoms with Crippen LogP contribution in [0.15, 0.2) is 48.8 Å². The van der Waals surface area contributed by atoms with E-state index in [2.05, 4.69) is 77.8 Å². The summed E-state index contributed by atoms with van der Waals surface area (Å²) in [6, 6.07) is 15.3. The lowest BCUT2D eigenvalue weighted by Gasteiger charge is -2.48. The minimum atomic E-state index is -0.572. The van der Waals surface area contributed by atoms with Crippen LogP contribution in [-0.2, 0) is 16.6 Å². The van der Waals surface area contributed by atoms with Crippen molar-refractivity contribution in [1.82, 2.24) is 24.8 Å². The number of hydrogen-bond donors (Lipinski definition) is 2. The van der Waals surface area contributed by atoms with Crippen LogP contribution < -0.4 is 15.5 Å². The Morgan fingerprint density at radius 3 is 2.49 bits per heavy atom. The lowest BCUT2D eigenvalue weighted by molar-refractivity contribution is -0.123. The average molecular weight is 634 g/mol. The van der Waals surface area contributed by atoms with E-state index in [9.17, 15) is 9.59 Å². The molecule has 0 spiro atoms. The fourth-order valence-electron chi connectivity index (χ4n) is 7.79. The first-order valence-corrected chi connectivity index (χ1v) is 17.3. The maximum atomic E-state index is 13.9. The fourth-order valence-corrected chi connectivity index (χ4v) is 7.79. The number of nitrogens with zero attached hydrogens (tertiary/aromatic N) is 5. The monoisotopic (exact) mass is 633 g/mol. The molecule has 1 aliphatic carbocycles. The van der Waals surface area contributed by atoms with Crippen molar-refractivity contribution < 1.29 is 9.59 Å². The van der Waals surface area contributed by atoms with E-state index < -0.39 is 5.41 Å². The summed E-state index contributed by atoms with van der Waals surface area (Å²) in [4.78, 5) is 41.4. The Balaban J connectivity index is 1.26. The van der Waals surface area contributed by atoms with Crippen LogP contribution in [0.1, 0.15) is 94.2 Å². The minimum absolute atomic E-state index is 0.113. The van der Waals surface area contributed by atoms with Gasteiger partial charge in [-0.3, -0.25) is 9.59 Å². The molecule has 0 bridgehead atoms. The zero-order valence-electron chi connectivity index (χ0n) is 28.6. The first-order valence-electron chi connectivity index (χ1n) is 17.3. The first kappa shape index (κ1) is 31.4. The Morgan fingerprint density at radius 1 is 1.02 bits per heavy atom. The molecule has 9 heteroatoms. The van der Waals surface area contributed by atoms with Crippen LogP contribution in [0, 0.1) is 0 Å². The number of piperidine rings is 1. The lowest BCUT2D eigenvalue weighted by atomic mass is 9.82. The number of hydrogen-bond acceptors (Lipinski definition) is 6. The number of pyridine rings is 1. The second-order valence-corrected chi connectivity index (χ2v) is 14.3. The van der Waals surface area contributed by atoms with Crippen LogP contribution >= 0.6 is 0 Å². The molecule has 7 rings (SSSR count). The maximum Gasteiger partial charge on any atom is 0.251 e. The molecule has 1 saturated carbocycles.